The first kappa shape index (κ1) is 83.7. The van der Waals surface area contributed by atoms with Gasteiger partial charge in [0.15, 0.2) is 0 Å². The fraction of sp³-hybridized carbons (Fsp3) is 0.179. The highest BCUT2D eigenvalue weighted by molar-refractivity contribution is 6.16. The Kier molecular flexibility index (Phi) is 24.7. The molecule has 0 aliphatic carbocycles. The lowest BCUT2D eigenvalue weighted by Gasteiger charge is -2.26. The molecule has 16 nitrogen and oxygen atoms in total. The van der Waals surface area contributed by atoms with Crippen LogP contribution in [0.4, 0.5) is 68.2 Å². The second-order valence-electron chi connectivity index (χ2n) is 31.9. The van der Waals surface area contributed by atoms with E-state index in [1.807, 2.05) is 97.1 Å². The Morgan fingerprint density at radius 3 is 0.633 bits per heavy atom. The molecule has 0 N–H and O–H groups in total. The number of nitrogens with zero attached hydrogens (tertiary/aromatic N) is 6. The molecule has 0 aliphatic heterocycles. The van der Waals surface area contributed by atoms with Gasteiger partial charge in [-0.05, 0) is 338 Å². The van der Waals surface area contributed by atoms with Crippen molar-refractivity contribution in [3.8, 4) is 80.0 Å². The molecule has 0 fully saturated rings. The van der Waals surface area contributed by atoms with Crippen LogP contribution in [0, 0.1) is 0 Å². The largest absolute Gasteiger partial charge is 0.497 e. The van der Waals surface area contributed by atoms with Crippen molar-refractivity contribution in [1.82, 2.24) is 9.13 Å². The minimum atomic E-state index is 0.555. The van der Waals surface area contributed by atoms with Gasteiger partial charge in [0.1, 0.15) is 57.5 Å². The van der Waals surface area contributed by atoms with Crippen molar-refractivity contribution in [2.24, 2.45) is 0 Å². The van der Waals surface area contributed by atoms with E-state index in [1.165, 1.54) is 0 Å². The van der Waals surface area contributed by atoms with Gasteiger partial charge in [0, 0.05) is 112 Å². The third-order valence-corrected chi connectivity index (χ3v) is 24.3. The van der Waals surface area contributed by atoms with E-state index < -0.39 is 0 Å². The van der Waals surface area contributed by atoms with E-state index in [0.29, 0.717) is 13.2 Å². The second kappa shape index (κ2) is 37.7. The lowest BCUT2D eigenvalue weighted by molar-refractivity contribution is 0.302. The number of unbranched alkanes of at least 4 members (excludes halogenated alkanes) is 6. The highest BCUT2D eigenvalue weighted by Gasteiger charge is 2.27. The predicted octanol–water partition coefficient (Wildman–Crippen LogP) is 29.7. The summed E-state index contributed by atoms with van der Waals surface area (Å²) in [4.78, 5) is 9.14. The third-order valence-electron chi connectivity index (χ3n) is 24.3. The second-order valence-corrected chi connectivity index (χ2v) is 31.9. The Bertz CT molecular complexity index is 6020. The minimum Gasteiger partial charge on any atom is -0.497 e. The third kappa shape index (κ3) is 16.7. The number of anilines is 12. The van der Waals surface area contributed by atoms with Crippen LogP contribution in [-0.2, 0) is 0 Å². The number of hydrogen-bond acceptors (Lipinski definition) is 14. The van der Waals surface area contributed by atoms with Gasteiger partial charge in [0.05, 0.1) is 92.2 Å². The summed E-state index contributed by atoms with van der Waals surface area (Å²) in [6.07, 6.45) is 8.45. The molecule has 0 spiro atoms. The average molecular weight is 1690 g/mol. The first-order chi connectivity index (χ1) is 63.0. The number of hydrogen-bond donors (Lipinski definition) is 0. The quantitative estimate of drug-likeness (QED) is 0.0351. The van der Waals surface area contributed by atoms with E-state index in [0.717, 1.165) is 265 Å². The molecule has 2 heterocycles. The molecule has 0 unspecified atom stereocenters. The van der Waals surface area contributed by atoms with Gasteiger partial charge in [-0.15, -0.1) is 0 Å². The van der Waals surface area contributed by atoms with Crippen LogP contribution in [0.1, 0.15) is 65.2 Å². The highest BCUT2D eigenvalue weighted by atomic mass is 16.5. The molecular weight excluding hydrogens is 1590 g/mol. The molecule has 0 amide bonds. The number of ether oxygens (including phenoxy) is 10. The summed E-state index contributed by atoms with van der Waals surface area (Å²) in [5.41, 5.74) is 19.6. The highest BCUT2D eigenvalue weighted by Crippen LogP contribution is 2.51. The summed E-state index contributed by atoms with van der Waals surface area (Å²) >= 11 is 0. The van der Waals surface area contributed by atoms with E-state index in [9.17, 15) is 0 Å². The fourth-order valence-corrected chi connectivity index (χ4v) is 17.8. The van der Waals surface area contributed by atoms with Crippen molar-refractivity contribution in [2.75, 3.05) is 89.7 Å². The number of aromatic nitrogens is 2. The molecule has 0 saturated carbocycles. The van der Waals surface area contributed by atoms with Crippen LogP contribution in [0.2, 0.25) is 0 Å². The SMILES string of the molecule is CCCCCCOc1ccc2cc(-n3c4ccc(N(c5ccc(OC)cc5)c5ccc(OC)cc5)cc4c4cc(N(c5ccc(OC)cc5)c5ccc(OC)cc5)ccc43)ccc2c1-c1c(OCCCCCC)ccc2cc(-n3c4ccc(N(c5ccc(OC)cc5)c5ccc(OC)cc5)cc4c4cc(N(c5ccc(OC)cc5)c5ccc(OC)cc5)ccc43)ccc12. The molecule has 16 heteroatoms. The van der Waals surface area contributed by atoms with E-state index in [4.69, 9.17) is 47.4 Å². The zero-order valence-electron chi connectivity index (χ0n) is 74.0. The maximum absolute atomic E-state index is 7.22. The van der Waals surface area contributed by atoms with Gasteiger partial charge in [-0.2, -0.15) is 0 Å². The zero-order chi connectivity index (χ0) is 87.7. The molecular formula is C112H104N6O10. The van der Waals surface area contributed by atoms with Gasteiger partial charge < -0.3 is 76.1 Å². The smallest absolute Gasteiger partial charge is 0.127 e. The van der Waals surface area contributed by atoms with Crippen LogP contribution >= 0.6 is 0 Å². The molecule has 18 aromatic rings. The van der Waals surface area contributed by atoms with Gasteiger partial charge in [0.2, 0.25) is 0 Å². The van der Waals surface area contributed by atoms with Crippen molar-refractivity contribution >= 4 is 133 Å². The zero-order valence-corrected chi connectivity index (χ0v) is 74.0. The topological polar surface area (TPSA) is 115 Å². The van der Waals surface area contributed by atoms with Gasteiger partial charge in [-0.3, -0.25) is 0 Å². The van der Waals surface area contributed by atoms with Crippen molar-refractivity contribution in [1.29, 1.82) is 0 Å². The van der Waals surface area contributed by atoms with Crippen LogP contribution in [-0.4, -0.2) is 79.2 Å². The number of benzene rings is 16. The molecule has 2 aromatic heterocycles. The van der Waals surface area contributed by atoms with E-state index in [1.54, 1.807) is 56.9 Å². The Balaban J connectivity index is 0.832. The molecule has 18 rings (SSSR count). The first-order valence-corrected chi connectivity index (χ1v) is 43.9. The number of fused-ring (bicyclic) bond motifs is 8. The maximum Gasteiger partial charge on any atom is 0.127 e. The Labute approximate surface area is 747 Å². The van der Waals surface area contributed by atoms with Crippen molar-refractivity contribution in [3.63, 3.8) is 0 Å². The normalized spacial score (nSPS) is 11.4. The molecule has 0 atom stereocenters. The van der Waals surface area contributed by atoms with E-state index in [2.05, 4.69) is 273 Å². The number of rotatable bonds is 35. The molecule has 0 bridgehead atoms. The average Bonchev–Trinajstić information content (AvgIpc) is 1.56. The van der Waals surface area contributed by atoms with Gasteiger partial charge >= 0.3 is 0 Å². The minimum absolute atomic E-state index is 0.555. The molecule has 16 aromatic carbocycles. The summed E-state index contributed by atoms with van der Waals surface area (Å²) in [5, 5.41) is 8.36. The molecule has 0 radical (unpaired) electrons. The molecule has 0 aliphatic rings. The summed E-state index contributed by atoms with van der Waals surface area (Å²) in [6.45, 7) is 5.61. The van der Waals surface area contributed by atoms with Crippen molar-refractivity contribution in [3.05, 3.63) is 328 Å². The van der Waals surface area contributed by atoms with Crippen LogP contribution in [0.5, 0.6) is 57.5 Å². The van der Waals surface area contributed by atoms with Crippen molar-refractivity contribution in [2.45, 2.75) is 65.2 Å². The monoisotopic (exact) mass is 1690 g/mol. The lowest BCUT2D eigenvalue weighted by atomic mass is 9.91. The molecule has 128 heavy (non-hydrogen) atoms. The van der Waals surface area contributed by atoms with E-state index >= 15 is 0 Å². The summed E-state index contributed by atoms with van der Waals surface area (Å²) in [5.74, 6) is 7.74. The van der Waals surface area contributed by atoms with Crippen molar-refractivity contribution < 1.29 is 47.4 Å². The van der Waals surface area contributed by atoms with Gasteiger partial charge in [0.25, 0.3) is 0 Å². The van der Waals surface area contributed by atoms with Gasteiger partial charge in [-0.1, -0.05) is 76.6 Å². The Hall–Kier alpha value is -15.2. The van der Waals surface area contributed by atoms with E-state index in [-0.39, 0.29) is 0 Å². The van der Waals surface area contributed by atoms with Crippen LogP contribution in [0.3, 0.4) is 0 Å². The molecule has 0 saturated heterocycles. The lowest BCUT2D eigenvalue weighted by Crippen LogP contribution is -2.10. The summed E-state index contributed by atoms with van der Waals surface area (Å²) in [7, 11) is 13.6. The summed E-state index contributed by atoms with van der Waals surface area (Å²) in [6, 6.07) is 116. The van der Waals surface area contributed by atoms with Crippen LogP contribution in [0.25, 0.3) is 87.7 Å². The first-order valence-electron chi connectivity index (χ1n) is 43.9. The Morgan fingerprint density at radius 2 is 0.422 bits per heavy atom. The Morgan fingerprint density at radius 1 is 0.203 bits per heavy atom. The predicted molar refractivity (Wildman–Crippen MR) is 526 cm³/mol. The van der Waals surface area contributed by atoms with Crippen LogP contribution in [0.15, 0.2) is 328 Å². The maximum atomic E-state index is 7.22. The van der Waals surface area contributed by atoms with Crippen LogP contribution < -0.4 is 67.0 Å². The standard InChI is InChI=1S/C112H104N6O10/c1-11-13-15-17-67-127-109-65-19-75-69-85(117-105-61-39-87(113(77-21-43-91(119-3)44-22-77)78-23-45-92(120-4)46-24-78)71-101(105)102-72-88(40-62-106(102)117)114(79-25-47-93(121-5)48-26-79)80-27-49-94(122-6)50-28-80)37-59-99(75)111(109)112-100-60-38-86(70-76(100)20-66-110(112)128-68-18-16-14-12-2)118-107-63-41-89(115(81-29-51-95(123-7)52-30-81)82-31-53-96(124-8)54-32-82)73-103(107)104-74-90(42-64-108(104)118)116(83-33-55-97(125-9)56-34-83)84-35-57-98(126-10)58-36-84/h19-66,69-74H,11-18,67-68H2,1-10H3. The summed E-state index contributed by atoms with van der Waals surface area (Å²) < 4.78 is 65.0. The number of methoxy groups -OCH3 is 8. The van der Waals surface area contributed by atoms with Gasteiger partial charge in [-0.25, -0.2) is 0 Å². The molecule has 642 valence electrons. The fourth-order valence-electron chi connectivity index (χ4n) is 17.8.